The zero-order valence-corrected chi connectivity index (χ0v) is 24.4. The van der Waals surface area contributed by atoms with Crippen LogP contribution >= 0.6 is 15.2 Å². The van der Waals surface area contributed by atoms with Crippen molar-refractivity contribution in [1.82, 2.24) is 0 Å². The van der Waals surface area contributed by atoms with Crippen LogP contribution in [0.1, 0.15) is 106 Å². The fourth-order valence-electron chi connectivity index (χ4n) is 2.97. The second-order valence-electron chi connectivity index (χ2n) is 7.33. The summed E-state index contributed by atoms with van der Waals surface area (Å²) in [6.45, 7) is 0. The van der Waals surface area contributed by atoms with Crippen LogP contribution in [0.25, 0.3) is 0 Å². The molecule has 0 aliphatic carbocycles. The summed E-state index contributed by atoms with van der Waals surface area (Å²) in [6.07, 6.45) is 13.8. The van der Waals surface area contributed by atoms with E-state index in [9.17, 15) is 18.7 Å². The van der Waals surface area contributed by atoms with Crippen molar-refractivity contribution in [3.05, 3.63) is 0 Å². The Bertz CT molecular complexity index is 511. The Hall–Kier alpha value is 1.64. The SMILES string of the molecule is O=C(CCCCCCCCCCCCCCCCC(=O)P(=O)(O)O)P(=O)(O)O.[H-].[H-].[Na+].[Na+]. The van der Waals surface area contributed by atoms with Gasteiger partial charge in [-0.3, -0.25) is 18.7 Å². The van der Waals surface area contributed by atoms with Gasteiger partial charge >= 0.3 is 74.3 Å². The molecule has 0 spiro atoms. The van der Waals surface area contributed by atoms with Crippen LogP contribution < -0.4 is 59.1 Å². The van der Waals surface area contributed by atoms with E-state index in [0.29, 0.717) is 12.8 Å². The molecule has 12 heteroatoms. The van der Waals surface area contributed by atoms with Gasteiger partial charge in [-0.25, -0.2) is 0 Å². The van der Waals surface area contributed by atoms with Gasteiger partial charge in [0, 0.05) is 12.8 Å². The maximum Gasteiger partial charge on any atom is 1.00 e. The molecule has 4 N–H and O–H groups in total. The van der Waals surface area contributed by atoms with Crippen LogP contribution in [0.2, 0.25) is 0 Å². The Labute approximate surface area is 227 Å². The number of hydrogen-bond acceptors (Lipinski definition) is 4. The van der Waals surface area contributed by atoms with Crippen molar-refractivity contribution in [2.24, 2.45) is 0 Å². The summed E-state index contributed by atoms with van der Waals surface area (Å²) in [6, 6.07) is 0. The zero-order chi connectivity index (χ0) is 21.5. The van der Waals surface area contributed by atoms with Crippen LogP contribution in [-0.4, -0.2) is 30.6 Å². The fraction of sp³-hybridized carbons (Fsp3) is 0.889. The molecule has 0 rings (SSSR count). The van der Waals surface area contributed by atoms with E-state index in [0.717, 1.165) is 51.4 Å². The molecule has 0 aromatic carbocycles. The second kappa shape index (κ2) is 21.2. The van der Waals surface area contributed by atoms with Crippen LogP contribution in [0.4, 0.5) is 0 Å². The van der Waals surface area contributed by atoms with Crippen LogP contribution in [0.3, 0.4) is 0 Å². The minimum absolute atomic E-state index is 0. The minimum atomic E-state index is -4.54. The van der Waals surface area contributed by atoms with E-state index in [2.05, 4.69) is 0 Å². The third-order valence-corrected chi connectivity index (χ3v) is 6.43. The van der Waals surface area contributed by atoms with Crippen molar-refractivity contribution in [2.45, 2.75) is 103 Å². The average Bonchev–Trinajstić information content (AvgIpc) is 2.59. The van der Waals surface area contributed by atoms with Crippen molar-refractivity contribution in [1.29, 1.82) is 0 Å². The molecule has 0 radical (unpaired) electrons. The van der Waals surface area contributed by atoms with Crippen LogP contribution in [0.15, 0.2) is 0 Å². The molecule has 0 bridgehead atoms. The van der Waals surface area contributed by atoms with Gasteiger partial charge in [-0.15, -0.1) is 0 Å². The first-order valence-electron chi connectivity index (χ1n) is 10.2. The third-order valence-electron chi connectivity index (χ3n) is 4.68. The van der Waals surface area contributed by atoms with Gasteiger partial charge in [0.15, 0.2) is 0 Å². The summed E-state index contributed by atoms with van der Waals surface area (Å²) in [5, 5.41) is 0. The Balaban J connectivity index is -0.000000607. The average molecular weight is 490 g/mol. The van der Waals surface area contributed by atoms with Crippen molar-refractivity contribution in [2.75, 3.05) is 0 Å². The number of hydrogen-bond donors (Lipinski definition) is 4. The van der Waals surface area contributed by atoms with Crippen LogP contribution in [0, 0.1) is 0 Å². The molecule has 170 valence electrons. The molecule has 0 aliphatic rings. The zero-order valence-electron chi connectivity index (χ0n) is 20.6. The van der Waals surface area contributed by atoms with Gasteiger partial charge in [0.1, 0.15) is 0 Å². The smallest absolute Gasteiger partial charge is 1.00 e. The Kier molecular flexibility index (Phi) is 25.6. The number of rotatable bonds is 19. The summed E-state index contributed by atoms with van der Waals surface area (Å²) in [7, 11) is -9.07. The molecule has 30 heavy (non-hydrogen) atoms. The monoisotopic (exact) mass is 490 g/mol. The summed E-state index contributed by atoms with van der Waals surface area (Å²) in [5.74, 6) is 0. The molecular formula is C18H38Na2O8P2. The Morgan fingerprint density at radius 3 is 0.800 bits per heavy atom. The molecule has 0 aromatic rings. The van der Waals surface area contributed by atoms with Crippen molar-refractivity contribution < 1.29 is 100 Å². The van der Waals surface area contributed by atoms with E-state index in [1.807, 2.05) is 0 Å². The van der Waals surface area contributed by atoms with E-state index in [4.69, 9.17) is 19.6 Å². The third kappa shape index (κ3) is 22.8. The standard InChI is InChI=1S/C18H36O8P2.2Na.2H/c19-17(27(21,22)23)15-13-11-9-7-5-3-1-2-4-6-8-10-12-14-16-18(20)28(24,25)26;;;;/h1-16H2,(H2,21,22,23)(H2,24,25,26);;;;/q;2*+1;2*-1. The molecule has 0 fully saturated rings. The van der Waals surface area contributed by atoms with Gasteiger partial charge in [0.2, 0.25) is 11.0 Å². The summed E-state index contributed by atoms with van der Waals surface area (Å²) < 4.78 is 21.3. The minimum Gasteiger partial charge on any atom is -1.00 e. The van der Waals surface area contributed by atoms with Gasteiger partial charge in [0.05, 0.1) is 0 Å². The van der Waals surface area contributed by atoms with E-state index >= 15 is 0 Å². The molecule has 0 saturated heterocycles. The van der Waals surface area contributed by atoms with Gasteiger partial charge in [-0.1, -0.05) is 77.0 Å². The quantitative estimate of drug-likeness (QED) is 0.101. The fourth-order valence-corrected chi connectivity index (χ4v) is 3.86. The number of carbonyl (C=O) groups excluding carboxylic acids is 2. The number of carbonyl (C=O) groups is 2. The van der Waals surface area contributed by atoms with Crippen molar-refractivity contribution >= 4 is 26.2 Å². The number of unbranched alkanes of at least 4 members (excludes halogenated alkanes) is 13. The van der Waals surface area contributed by atoms with Gasteiger partial charge in [-0.2, -0.15) is 0 Å². The van der Waals surface area contributed by atoms with E-state index in [-0.39, 0.29) is 74.8 Å². The molecule has 0 atom stereocenters. The molecule has 0 heterocycles. The first-order chi connectivity index (χ1) is 13.0. The van der Waals surface area contributed by atoms with Crippen LogP contribution in [0.5, 0.6) is 0 Å². The van der Waals surface area contributed by atoms with E-state index in [1.54, 1.807) is 0 Å². The van der Waals surface area contributed by atoms with Crippen molar-refractivity contribution in [3.63, 3.8) is 0 Å². The van der Waals surface area contributed by atoms with E-state index < -0.39 is 26.2 Å². The van der Waals surface area contributed by atoms with Crippen LogP contribution in [-0.2, 0) is 18.7 Å². The Morgan fingerprint density at radius 1 is 0.467 bits per heavy atom. The molecule has 0 aliphatic heterocycles. The first kappa shape index (κ1) is 36.2. The maximum absolute atomic E-state index is 11.1. The molecule has 0 amide bonds. The molecule has 0 unspecified atom stereocenters. The molecule has 8 nitrogen and oxygen atoms in total. The van der Waals surface area contributed by atoms with Gasteiger partial charge < -0.3 is 22.4 Å². The normalized spacial score (nSPS) is 11.5. The largest absolute Gasteiger partial charge is 1.00 e. The predicted molar refractivity (Wildman–Crippen MR) is 110 cm³/mol. The maximum atomic E-state index is 11.1. The van der Waals surface area contributed by atoms with Gasteiger partial charge in [0.25, 0.3) is 0 Å². The molecule has 0 aromatic heterocycles. The summed E-state index contributed by atoms with van der Waals surface area (Å²) in [4.78, 5) is 56.8. The summed E-state index contributed by atoms with van der Waals surface area (Å²) >= 11 is 0. The predicted octanol–water partition coefficient (Wildman–Crippen LogP) is -1.13. The first-order valence-corrected chi connectivity index (χ1v) is 13.5. The Morgan fingerprint density at radius 2 is 0.633 bits per heavy atom. The van der Waals surface area contributed by atoms with Crippen molar-refractivity contribution in [3.8, 4) is 0 Å². The molecule has 0 saturated carbocycles. The second-order valence-corrected chi connectivity index (χ2v) is 10.5. The summed E-state index contributed by atoms with van der Waals surface area (Å²) in [5.41, 5.74) is -1.91. The van der Waals surface area contributed by atoms with Gasteiger partial charge in [-0.05, 0) is 12.8 Å². The van der Waals surface area contributed by atoms with E-state index in [1.165, 1.54) is 25.7 Å². The topological polar surface area (TPSA) is 149 Å². The molecular weight excluding hydrogens is 452 g/mol.